The van der Waals surface area contributed by atoms with E-state index in [0.29, 0.717) is 17.9 Å². The number of thiophene rings is 1. The lowest BCUT2D eigenvalue weighted by Gasteiger charge is -2.32. The van der Waals surface area contributed by atoms with Gasteiger partial charge in [-0.15, -0.1) is 11.3 Å². The Labute approximate surface area is 159 Å². The number of hydrogen-bond acceptors (Lipinski definition) is 5. The highest BCUT2D eigenvalue weighted by Gasteiger charge is 2.38. The van der Waals surface area contributed by atoms with E-state index in [1.807, 2.05) is 30.3 Å². The predicted molar refractivity (Wildman–Crippen MR) is 101 cm³/mol. The molecule has 2 aromatic rings. The molecular formula is C18H20BrNO4S. The summed E-state index contributed by atoms with van der Waals surface area (Å²) >= 11 is 5.13. The lowest BCUT2D eigenvalue weighted by atomic mass is 10.0. The van der Waals surface area contributed by atoms with E-state index in [1.165, 1.54) is 0 Å². The zero-order chi connectivity index (χ0) is 18.0. The van der Waals surface area contributed by atoms with Crippen LogP contribution in [0, 0.1) is 0 Å². The number of ether oxygens (including phenoxy) is 2. The van der Waals surface area contributed by atoms with Gasteiger partial charge in [0.2, 0.25) is 0 Å². The molecule has 2 unspecified atom stereocenters. The number of aliphatic carboxylic acids is 1. The molecule has 0 saturated carbocycles. The van der Waals surface area contributed by atoms with Crippen molar-refractivity contribution in [3.8, 4) is 11.5 Å². The van der Waals surface area contributed by atoms with Crippen molar-refractivity contribution in [2.75, 3.05) is 20.8 Å². The third-order valence-electron chi connectivity index (χ3n) is 4.50. The van der Waals surface area contributed by atoms with Crippen LogP contribution in [0.15, 0.2) is 34.1 Å². The maximum absolute atomic E-state index is 11.8. The maximum atomic E-state index is 11.8. The first kappa shape index (κ1) is 18.2. The minimum absolute atomic E-state index is 0.190. The van der Waals surface area contributed by atoms with Crippen LogP contribution in [0.2, 0.25) is 0 Å². The average molecular weight is 426 g/mol. The number of likely N-dealkylation sites (tertiary alicyclic amines) is 1. The largest absolute Gasteiger partial charge is 0.493 e. The van der Waals surface area contributed by atoms with Gasteiger partial charge < -0.3 is 14.6 Å². The number of carboxylic acid groups (broad SMARTS) is 1. The zero-order valence-electron chi connectivity index (χ0n) is 14.1. The van der Waals surface area contributed by atoms with Crippen LogP contribution in [0.25, 0.3) is 0 Å². The summed E-state index contributed by atoms with van der Waals surface area (Å²) in [6, 6.07) is 9.09. The van der Waals surface area contributed by atoms with Crippen LogP contribution < -0.4 is 9.47 Å². The summed E-state index contributed by atoms with van der Waals surface area (Å²) in [5, 5.41) is 9.66. The Morgan fingerprint density at radius 3 is 2.72 bits per heavy atom. The van der Waals surface area contributed by atoms with Gasteiger partial charge in [0.25, 0.3) is 0 Å². The quantitative estimate of drug-likeness (QED) is 0.752. The molecule has 7 heteroatoms. The topological polar surface area (TPSA) is 59.0 Å². The number of methoxy groups -OCH3 is 2. The number of hydrogen-bond donors (Lipinski definition) is 1. The first-order valence-electron chi connectivity index (χ1n) is 8.01. The number of benzene rings is 1. The first-order chi connectivity index (χ1) is 12.1. The van der Waals surface area contributed by atoms with Crippen LogP contribution in [0.5, 0.6) is 11.5 Å². The average Bonchev–Trinajstić information content (AvgIpc) is 3.24. The highest BCUT2D eigenvalue weighted by molar-refractivity contribution is 9.11. The van der Waals surface area contributed by atoms with E-state index in [-0.39, 0.29) is 6.04 Å². The number of carbonyl (C=O) groups is 1. The number of para-hydroxylation sites is 1. The van der Waals surface area contributed by atoms with Gasteiger partial charge in [-0.1, -0.05) is 12.1 Å². The Morgan fingerprint density at radius 1 is 1.32 bits per heavy atom. The molecule has 0 bridgehead atoms. The van der Waals surface area contributed by atoms with Gasteiger partial charge in [0.05, 0.1) is 24.0 Å². The Morgan fingerprint density at radius 2 is 2.12 bits per heavy atom. The minimum atomic E-state index is -0.778. The van der Waals surface area contributed by atoms with Gasteiger partial charge in [-0.3, -0.25) is 9.69 Å². The van der Waals surface area contributed by atoms with Crippen molar-refractivity contribution in [1.82, 2.24) is 4.90 Å². The van der Waals surface area contributed by atoms with Gasteiger partial charge in [0, 0.05) is 17.0 Å². The summed E-state index contributed by atoms with van der Waals surface area (Å²) in [7, 11) is 3.22. The molecule has 25 heavy (non-hydrogen) atoms. The van der Waals surface area contributed by atoms with Gasteiger partial charge in [0.1, 0.15) is 6.04 Å². The fraction of sp³-hybridized carbons (Fsp3) is 0.389. The van der Waals surface area contributed by atoms with Gasteiger partial charge in [-0.25, -0.2) is 0 Å². The van der Waals surface area contributed by atoms with Crippen LogP contribution in [-0.4, -0.2) is 42.8 Å². The highest BCUT2D eigenvalue weighted by Crippen LogP contribution is 2.44. The molecule has 2 atom stereocenters. The van der Waals surface area contributed by atoms with Crippen molar-refractivity contribution in [1.29, 1.82) is 0 Å². The second-order valence-corrected chi connectivity index (χ2v) is 8.36. The lowest BCUT2D eigenvalue weighted by Crippen LogP contribution is -2.39. The molecule has 0 aliphatic carbocycles. The van der Waals surface area contributed by atoms with Gasteiger partial charge in [0.15, 0.2) is 11.5 Å². The Balaban J connectivity index is 2.14. The fourth-order valence-electron chi connectivity index (χ4n) is 3.46. The molecule has 1 N–H and O–H groups in total. The molecule has 0 spiro atoms. The van der Waals surface area contributed by atoms with Gasteiger partial charge in [-0.05, 0) is 47.0 Å². The van der Waals surface area contributed by atoms with Crippen LogP contribution in [-0.2, 0) is 4.79 Å². The second-order valence-electron chi connectivity index (χ2n) is 5.86. The third-order valence-corrected chi connectivity index (χ3v) is 6.18. The summed E-state index contributed by atoms with van der Waals surface area (Å²) in [4.78, 5) is 14.9. The number of nitrogens with zero attached hydrogens (tertiary/aromatic N) is 1. The molecule has 1 fully saturated rings. The third kappa shape index (κ3) is 3.54. The molecule has 1 saturated heterocycles. The Hall–Kier alpha value is -1.57. The summed E-state index contributed by atoms with van der Waals surface area (Å²) in [5.74, 6) is 0.516. The van der Waals surface area contributed by atoms with Crippen molar-refractivity contribution < 1.29 is 19.4 Å². The summed E-state index contributed by atoms with van der Waals surface area (Å²) in [5.41, 5.74) is 0.921. The summed E-state index contributed by atoms with van der Waals surface area (Å²) < 4.78 is 12.1. The first-order valence-corrected chi connectivity index (χ1v) is 9.62. The van der Waals surface area contributed by atoms with Crippen molar-refractivity contribution in [3.05, 3.63) is 44.6 Å². The van der Waals surface area contributed by atoms with Crippen molar-refractivity contribution in [2.45, 2.75) is 24.9 Å². The molecule has 2 heterocycles. The van der Waals surface area contributed by atoms with E-state index >= 15 is 0 Å². The SMILES string of the molecule is COc1cccc(C(c2ccc(Br)s2)N2CCCC2C(=O)O)c1OC. The monoisotopic (exact) mass is 425 g/mol. The molecule has 134 valence electrons. The highest BCUT2D eigenvalue weighted by atomic mass is 79.9. The molecular weight excluding hydrogens is 406 g/mol. The minimum Gasteiger partial charge on any atom is -0.493 e. The molecule has 0 radical (unpaired) electrons. The molecule has 1 aliphatic rings. The second kappa shape index (κ2) is 7.76. The van der Waals surface area contributed by atoms with Crippen LogP contribution in [0.1, 0.15) is 29.3 Å². The zero-order valence-corrected chi connectivity index (χ0v) is 16.5. The van der Waals surface area contributed by atoms with E-state index in [2.05, 4.69) is 20.8 Å². The summed E-state index contributed by atoms with van der Waals surface area (Å²) in [6.45, 7) is 0.734. The van der Waals surface area contributed by atoms with E-state index < -0.39 is 12.0 Å². The van der Waals surface area contributed by atoms with E-state index in [9.17, 15) is 9.90 Å². The van der Waals surface area contributed by atoms with Crippen LogP contribution in [0.4, 0.5) is 0 Å². The molecule has 5 nitrogen and oxygen atoms in total. The fourth-order valence-corrected chi connectivity index (χ4v) is 5.03. The number of rotatable bonds is 6. The lowest BCUT2D eigenvalue weighted by molar-refractivity contribution is -0.142. The van der Waals surface area contributed by atoms with Gasteiger partial charge >= 0.3 is 5.97 Å². The van der Waals surface area contributed by atoms with E-state index in [0.717, 1.165) is 27.2 Å². The van der Waals surface area contributed by atoms with Gasteiger partial charge in [-0.2, -0.15) is 0 Å². The smallest absolute Gasteiger partial charge is 0.320 e. The standard InChI is InChI=1S/C18H20BrNO4S/c1-23-13-7-3-5-11(17(13)24-2)16(14-8-9-15(19)25-14)20-10-4-6-12(20)18(21)22/h3,5,7-9,12,16H,4,6,10H2,1-2H3,(H,21,22). The summed E-state index contributed by atoms with van der Waals surface area (Å²) in [6.07, 6.45) is 1.52. The van der Waals surface area contributed by atoms with E-state index in [4.69, 9.17) is 9.47 Å². The molecule has 3 rings (SSSR count). The molecule has 1 aromatic heterocycles. The van der Waals surface area contributed by atoms with Crippen molar-refractivity contribution in [3.63, 3.8) is 0 Å². The molecule has 1 aliphatic heterocycles. The van der Waals surface area contributed by atoms with Crippen LogP contribution in [0.3, 0.4) is 0 Å². The normalized spacial score (nSPS) is 18.9. The molecule has 1 aromatic carbocycles. The van der Waals surface area contributed by atoms with Crippen LogP contribution >= 0.6 is 27.3 Å². The van der Waals surface area contributed by atoms with E-state index in [1.54, 1.807) is 25.6 Å². The number of carboxylic acids is 1. The van der Waals surface area contributed by atoms with Crippen molar-refractivity contribution >= 4 is 33.2 Å². The molecule has 0 amide bonds. The Bertz CT molecular complexity index is 763. The number of halogens is 1. The Kier molecular flexibility index (Phi) is 5.66. The predicted octanol–water partition coefficient (Wildman–Crippen LogP) is 4.17. The van der Waals surface area contributed by atoms with Crippen molar-refractivity contribution in [2.24, 2.45) is 0 Å². The maximum Gasteiger partial charge on any atom is 0.320 e.